The van der Waals surface area contributed by atoms with Crippen LogP contribution in [0.25, 0.3) is 11.1 Å². The third-order valence-electron chi connectivity index (χ3n) is 4.94. The van der Waals surface area contributed by atoms with E-state index in [1.165, 1.54) is 10.9 Å². The van der Waals surface area contributed by atoms with Gasteiger partial charge in [-0.1, -0.05) is 48.5 Å². The summed E-state index contributed by atoms with van der Waals surface area (Å²) in [6.07, 6.45) is 2.08. The Hall–Kier alpha value is -3.67. The molecule has 0 atom stereocenters. The highest BCUT2D eigenvalue weighted by molar-refractivity contribution is 6.13. The van der Waals surface area contributed by atoms with E-state index in [-0.39, 0.29) is 28.1 Å². The molecule has 0 saturated heterocycles. The van der Waals surface area contributed by atoms with E-state index in [1.54, 1.807) is 18.9 Å². The SMILES string of the molecule is Cc1oc2ncn(C)c(=O)c2c1C(=O)N(CCc1ccccc1)c1ccccc1. The fourth-order valence-corrected chi connectivity index (χ4v) is 3.42. The molecule has 6 nitrogen and oxygen atoms in total. The fourth-order valence-electron chi connectivity index (χ4n) is 3.42. The van der Waals surface area contributed by atoms with Crippen LogP contribution < -0.4 is 10.5 Å². The van der Waals surface area contributed by atoms with Crippen LogP contribution in [0.5, 0.6) is 0 Å². The first-order chi connectivity index (χ1) is 14.1. The molecule has 146 valence electrons. The number of aromatic nitrogens is 2. The first-order valence-corrected chi connectivity index (χ1v) is 9.42. The second-order valence-electron chi connectivity index (χ2n) is 6.90. The summed E-state index contributed by atoms with van der Waals surface area (Å²) in [5, 5.41) is 0.221. The van der Waals surface area contributed by atoms with Crippen molar-refractivity contribution in [2.45, 2.75) is 13.3 Å². The van der Waals surface area contributed by atoms with Crippen molar-refractivity contribution in [1.29, 1.82) is 0 Å². The first-order valence-electron chi connectivity index (χ1n) is 9.42. The summed E-state index contributed by atoms with van der Waals surface area (Å²) in [5.74, 6) is 0.120. The van der Waals surface area contributed by atoms with E-state index >= 15 is 0 Å². The predicted molar refractivity (Wildman–Crippen MR) is 112 cm³/mol. The minimum Gasteiger partial charge on any atom is -0.442 e. The fraction of sp³-hybridized carbons (Fsp3) is 0.174. The van der Waals surface area contributed by atoms with Crippen molar-refractivity contribution in [3.05, 3.63) is 94.2 Å². The van der Waals surface area contributed by atoms with Crippen LogP contribution >= 0.6 is 0 Å². The lowest BCUT2D eigenvalue weighted by molar-refractivity contribution is 0.0987. The number of hydrogen-bond acceptors (Lipinski definition) is 4. The Morgan fingerprint density at radius 1 is 1.07 bits per heavy atom. The third kappa shape index (κ3) is 3.57. The Labute approximate surface area is 168 Å². The molecule has 2 aromatic carbocycles. The van der Waals surface area contributed by atoms with E-state index in [9.17, 15) is 9.59 Å². The van der Waals surface area contributed by atoms with Crippen molar-refractivity contribution in [3.8, 4) is 0 Å². The Morgan fingerprint density at radius 2 is 1.72 bits per heavy atom. The summed E-state index contributed by atoms with van der Waals surface area (Å²) in [4.78, 5) is 32.2. The number of nitrogens with zero attached hydrogens (tertiary/aromatic N) is 3. The van der Waals surface area contributed by atoms with Gasteiger partial charge in [0, 0.05) is 19.3 Å². The summed E-state index contributed by atoms with van der Waals surface area (Å²) in [5.41, 5.74) is 2.05. The highest BCUT2D eigenvalue weighted by Gasteiger charge is 2.27. The molecule has 0 radical (unpaired) electrons. The van der Waals surface area contributed by atoms with Crippen molar-refractivity contribution in [3.63, 3.8) is 0 Å². The van der Waals surface area contributed by atoms with Gasteiger partial charge >= 0.3 is 0 Å². The summed E-state index contributed by atoms with van der Waals surface area (Å²) in [7, 11) is 1.61. The highest BCUT2D eigenvalue weighted by atomic mass is 16.3. The molecule has 0 fully saturated rings. The summed E-state index contributed by atoms with van der Waals surface area (Å²) in [6, 6.07) is 19.4. The van der Waals surface area contributed by atoms with Crippen molar-refractivity contribution < 1.29 is 9.21 Å². The zero-order valence-electron chi connectivity index (χ0n) is 16.3. The number of rotatable bonds is 5. The van der Waals surface area contributed by atoms with Crippen molar-refractivity contribution >= 4 is 22.7 Å². The number of furan rings is 1. The van der Waals surface area contributed by atoms with Gasteiger partial charge in [-0.15, -0.1) is 0 Å². The van der Waals surface area contributed by atoms with Crippen LogP contribution in [-0.2, 0) is 13.5 Å². The topological polar surface area (TPSA) is 68.3 Å². The predicted octanol–water partition coefficient (Wildman–Crippen LogP) is 3.72. The van der Waals surface area contributed by atoms with Gasteiger partial charge in [-0.25, -0.2) is 4.98 Å². The number of aryl methyl sites for hydroxylation is 2. The standard InChI is InChI=1S/C23H21N3O3/c1-16-19(20-21(29-16)24-15-25(2)22(20)27)23(28)26(18-11-7-4-8-12-18)14-13-17-9-5-3-6-10-17/h3-12,15H,13-14H2,1-2H3. The van der Waals surface area contributed by atoms with Gasteiger partial charge in [0.1, 0.15) is 17.5 Å². The van der Waals surface area contributed by atoms with Crippen LogP contribution in [0.15, 0.2) is 76.2 Å². The Bertz CT molecular complexity index is 1210. The minimum atomic E-state index is -0.300. The second-order valence-corrected chi connectivity index (χ2v) is 6.90. The third-order valence-corrected chi connectivity index (χ3v) is 4.94. The number of carbonyl (C=O) groups excluding carboxylic acids is 1. The first kappa shape index (κ1) is 18.7. The molecular weight excluding hydrogens is 366 g/mol. The van der Waals surface area contributed by atoms with E-state index < -0.39 is 0 Å². The maximum Gasteiger partial charge on any atom is 0.265 e. The number of carbonyl (C=O) groups is 1. The molecule has 4 rings (SSSR count). The van der Waals surface area contributed by atoms with E-state index in [1.807, 2.05) is 60.7 Å². The van der Waals surface area contributed by atoms with Crippen LogP contribution in [0.2, 0.25) is 0 Å². The molecule has 2 heterocycles. The van der Waals surface area contributed by atoms with Crippen LogP contribution in [0.4, 0.5) is 5.69 Å². The second kappa shape index (κ2) is 7.75. The average molecular weight is 387 g/mol. The monoisotopic (exact) mass is 387 g/mol. The molecule has 2 aromatic heterocycles. The van der Waals surface area contributed by atoms with Crippen LogP contribution in [0.3, 0.4) is 0 Å². The number of amides is 1. The smallest absolute Gasteiger partial charge is 0.265 e. The largest absolute Gasteiger partial charge is 0.442 e. The number of fused-ring (bicyclic) bond motifs is 1. The summed E-state index contributed by atoms with van der Waals surface area (Å²) < 4.78 is 6.98. The van der Waals surface area contributed by atoms with Crippen LogP contribution in [0.1, 0.15) is 21.7 Å². The highest BCUT2D eigenvalue weighted by Crippen LogP contribution is 2.25. The molecule has 0 N–H and O–H groups in total. The Morgan fingerprint density at radius 3 is 2.41 bits per heavy atom. The zero-order chi connectivity index (χ0) is 20.4. The Kier molecular flexibility index (Phi) is 4.99. The minimum absolute atomic E-state index is 0.185. The van der Waals surface area contributed by atoms with E-state index in [4.69, 9.17) is 4.42 Å². The van der Waals surface area contributed by atoms with Crippen molar-refractivity contribution in [2.24, 2.45) is 7.05 Å². The number of benzene rings is 2. The van der Waals surface area contributed by atoms with Crippen LogP contribution in [-0.4, -0.2) is 22.0 Å². The maximum absolute atomic E-state index is 13.6. The number of para-hydroxylation sites is 1. The van der Waals surface area contributed by atoms with Gasteiger partial charge in [0.05, 0.1) is 5.56 Å². The van der Waals surface area contributed by atoms with Gasteiger partial charge in [-0.2, -0.15) is 0 Å². The molecule has 29 heavy (non-hydrogen) atoms. The van der Waals surface area contributed by atoms with Gasteiger partial charge in [0.15, 0.2) is 0 Å². The van der Waals surface area contributed by atoms with E-state index in [0.29, 0.717) is 18.7 Å². The van der Waals surface area contributed by atoms with Gasteiger partial charge in [0.25, 0.3) is 11.5 Å². The van der Waals surface area contributed by atoms with Crippen molar-refractivity contribution in [2.75, 3.05) is 11.4 Å². The summed E-state index contributed by atoms with van der Waals surface area (Å²) >= 11 is 0. The van der Waals surface area contributed by atoms with Gasteiger partial charge in [0.2, 0.25) is 5.71 Å². The number of hydrogen-bond donors (Lipinski definition) is 0. The Balaban J connectivity index is 1.78. The molecule has 6 heteroatoms. The molecule has 0 spiro atoms. The van der Waals surface area contributed by atoms with Crippen molar-refractivity contribution in [1.82, 2.24) is 9.55 Å². The quantitative estimate of drug-likeness (QED) is 0.523. The van der Waals surface area contributed by atoms with Gasteiger partial charge in [-0.3, -0.25) is 9.59 Å². The molecule has 1 amide bonds. The molecule has 0 aliphatic rings. The molecular formula is C23H21N3O3. The van der Waals surface area contributed by atoms with Gasteiger partial charge in [-0.05, 0) is 31.0 Å². The lowest BCUT2D eigenvalue weighted by atomic mass is 10.1. The molecule has 0 aliphatic heterocycles. The lowest BCUT2D eigenvalue weighted by Crippen LogP contribution is -2.34. The zero-order valence-corrected chi connectivity index (χ0v) is 16.3. The molecule has 0 saturated carbocycles. The van der Waals surface area contributed by atoms with E-state index in [0.717, 1.165) is 11.3 Å². The van der Waals surface area contributed by atoms with E-state index in [2.05, 4.69) is 4.98 Å². The van der Waals surface area contributed by atoms with Crippen LogP contribution in [0, 0.1) is 6.92 Å². The molecule has 4 aromatic rings. The maximum atomic E-state index is 13.6. The summed E-state index contributed by atoms with van der Waals surface area (Å²) in [6.45, 7) is 2.16. The number of anilines is 1. The average Bonchev–Trinajstić information content (AvgIpc) is 3.09. The molecule has 0 unspecified atom stereocenters. The molecule has 0 aliphatic carbocycles. The lowest BCUT2D eigenvalue weighted by Gasteiger charge is -2.23. The van der Waals surface area contributed by atoms with Gasteiger partial charge < -0.3 is 13.9 Å². The molecule has 0 bridgehead atoms. The normalized spacial score (nSPS) is 11.0.